The van der Waals surface area contributed by atoms with Crippen LogP contribution in [0.5, 0.6) is 11.5 Å². The van der Waals surface area contributed by atoms with Gasteiger partial charge in [-0.3, -0.25) is 9.48 Å². The Morgan fingerprint density at radius 3 is 2.52 bits per heavy atom. The van der Waals surface area contributed by atoms with Crippen molar-refractivity contribution in [1.29, 1.82) is 0 Å². The molecule has 31 heavy (non-hydrogen) atoms. The van der Waals surface area contributed by atoms with Crippen molar-refractivity contribution in [2.24, 2.45) is 0 Å². The molecule has 1 amide bonds. The number of carbonyl (C=O) groups is 1. The summed E-state index contributed by atoms with van der Waals surface area (Å²) in [6, 6.07) is 26.2. The highest BCUT2D eigenvalue weighted by atomic mass is 16.5. The lowest BCUT2D eigenvalue weighted by Gasteiger charge is -2.12. The zero-order valence-corrected chi connectivity index (χ0v) is 17.0. The summed E-state index contributed by atoms with van der Waals surface area (Å²) in [5.74, 6) is 1.25. The third kappa shape index (κ3) is 5.73. The second-order valence-electron chi connectivity index (χ2n) is 6.86. The molecule has 0 aliphatic heterocycles. The van der Waals surface area contributed by atoms with Gasteiger partial charge >= 0.3 is 0 Å². The summed E-state index contributed by atoms with van der Waals surface area (Å²) < 4.78 is 13.4. The minimum absolute atomic E-state index is 0.194. The van der Waals surface area contributed by atoms with Gasteiger partial charge in [-0.15, -0.1) is 0 Å². The Bertz CT molecular complexity index is 1110. The molecular formula is C25H23N3O3. The molecule has 6 heteroatoms. The third-order valence-corrected chi connectivity index (χ3v) is 4.64. The molecule has 0 saturated heterocycles. The molecule has 1 aromatic heterocycles. The smallest absolute Gasteiger partial charge is 0.256 e. The highest BCUT2D eigenvalue weighted by Crippen LogP contribution is 2.20. The molecule has 0 bridgehead atoms. The topological polar surface area (TPSA) is 65.4 Å². The Balaban J connectivity index is 1.38. The molecule has 0 radical (unpaired) electrons. The van der Waals surface area contributed by atoms with Gasteiger partial charge in [0.15, 0.2) is 0 Å². The first-order valence-electron chi connectivity index (χ1n) is 10.1. The Morgan fingerprint density at radius 1 is 0.871 bits per heavy atom. The normalized spacial score (nSPS) is 10.5. The van der Waals surface area contributed by atoms with Gasteiger partial charge in [-0.05, 0) is 36.4 Å². The number of ether oxygens (including phenoxy) is 2. The van der Waals surface area contributed by atoms with Crippen LogP contribution in [0.25, 0.3) is 0 Å². The van der Waals surface area contributed by atoms with Crippen LogP contribution in [0.15, 0.2) is 97.3 Å². The number of nitrogens with one attached hydrogen (secondary N) is 1. The maximum atomic E-state index is 12.9. The van der Waals surface area contributed by atoms with Crippen LogP contribution >= 0.6 is 0 Å². The first kappa shape index (κ1) is 20.2. The molecule has 6 nitrogen and oxygen atoms in total. The predicted molar refractivity (Wildman–Crippen MR) is 119 cm³/mol. The fourth-order valence-corrected chi connectivity index (χ4v) is 3.10. The molecule has 3 aromatic carbocycles. The van der Waals surface area contributed by atoms with Gasteiger partial charge in [0, 0.05) is 35.3 Å². The van der Waals surface area contributed by atoms with Gasteiger partial charge in [-0.25, -0.2) is 0 Å². The highest BCUT2D eigenvalue weighted by molar-refractivity contribution is 6.05. The maximum Gasteiger partial charge on any atom is 0.256 e. The van der Waals surface area contributed by atoms with E-state index in [1.807, 2.05) is 85.1 Å². The Labute approximate surface area is 181 Å². The van der Waals surface area contributed by atoms with E-state index >= 15 is 0 Å². The van der Waals surface area contributed by atoms with Crippen molar-refractivity contribution >= 4 is 11.6 Å². The summed E-state index contributed by atoms with van der Waals surface area (Å²) in [6.45, 7) is 1.45. The number of nitrogens with zero attached hydrogens (tertiary/aromatic N) is 2. The quantitative estimate of drug-likeness (QED) is 0.428. The molecule has 0 aliphatic carbocycles. The van der Waals surface area contributed by atoms with E-state index in [-0.39, 0.29) is 5.91 Å². The molecule has 0 unspecified atom stereocenters. The lowest BCUT2D eigenvalue weighted by molar-refractivity contribution is 0.102. The maximum absolute atomic E-state index is 12.9. The second-order valence-corrected chi connectivity index (χ2v) is 6.86. The summed E-state index contributed by atoms with van der Waals surface area (Å²) in [5, 5.41) is 7.10. The summed E-state index contributed by atoms with van der Waals surface area (Å²) in [7, 11) is 0. The molecule has 4 aromatic rings. The monoisotopic (exact) mass is 413 g/mol. The van der Waals surface area contributed by atoms with Crippen LogP contribution in [-0.2, 0) is 13.2 Å². The number of anilines is 1. The Hall–Kier alpha value is -4.06. The van der Waals surface area contributed by atoms with Crippen LogP contribution in [0.4, 0.5) is 5.69 Å². The summed E-state index contributed by atoms with van der Waals surface area (Å²) in [5.41, 5.74) is 2.05. The zero-order chi connectivity index (χ0) is 21.3. The number of benzene rings is 3. The molecule has 0 spiro atoms. The van der Waals surface area contributed by atoms with E-state index in [1.54, 1.807) is 16.9 Å². The lowest BCUT2D eigenvalue weighted by atomic mass is 10.1. The first-order valence-corrected chi connectivity index (χ1v) is 10.1. The van der Waals surface area contributed by atoms with E-state index in [0.717, 1.165) is 11.3 Å². The van der Waals surface area contributed by atoms with Gasteiger partial charge in [0.2, 0.25) is 0 Å². The van der Waals surface area contributed by atoms with Crippen molar-refractivity contribution in [2.75, 3.05) is 11.9 Å². The van der Waals surface area contributed by atoms with Gasteiger partial charge in [-0.2, -0.15) is 5.10 Å². The van der Waals surface area contributed by atoms with Crippen molar-refractivity contribution < 1.29 is 14.3 Å². The van der Waals surface area contributed by atoms with E-state index in [4.69, 9.17) is 9.47 Å². The largest absolute Gasteiger partial charge is 0.492 e. The molecule has 156 valence electrons. The highest BCUT2D eigenvalue weighted by Gasteiger charge is 2.12. The average molecular weight is 413 g/mol. The van der Waals surface area contributed by atoms with Crippen molar-refractivity contribution in [3.63, 3.8) is 0 Å². The number of hydrogen-bond acceptors (Lipinski definition) is 4. The van der Waals surface area contributed by atoms with Crippen molar-refractivity contribution in [3.8, 4) is 11.5 Å². The summed E-state index contributed by atoms with van der Waals surface area (Å²) >= 11 is 0. The Morgan fingerprint density at radius 2 is 1.68 bits per heavy atom. The number of para-hydroxylation sites is 1. The molecule has 1 heterocycles. The van der Waals surface area contributed by atoms with Gasteiger partial charge in [0.1, 0.15) is 24.7 Å². The SMILES string of the molecule is O=C(Nc1cccc(OCCn2cccn2)c1)c1ccccc1COc1ccccc1. The minimum atomic E-state index is -0.194. The van der Waals surface area contributed by atoms with E-state index in [9.17, 15) is 4.79 Å². The van der Waals surface area contributed by atoms with Crippen LogP contribution in [0, 0.1) is 0 Å². The summed E-state index contributed by atoms with van der Waals surface area (Å²) in [6.07, 6.45) is 3.62. The van der Waals surface area contributed by atoms with Gasteiger partial charge in [-0.1, -0.05) is 42.5 Å². The first-order chi connectivity index (χ1) is 15.3. The number of aromatic nitrogens is 2. The van der Waals surface area contributed by atoms with Crippen molar-refractivity contribution in [2.45, 2.75) is 13.2 Å². The number of hydrogen-bond donors (Lipinski definition) is 1. The van der Waals surface area contributed by atoms with Gasteiger partial charge < -0.3 is 14.8 Å². The van der Waals surface area contributed by atoms with Crippen LogP contribution in [0.1, 0.15) is 15.9 Å². The van der Waals surface area contributed by atoms with Crippen molar-refractivity contribution in [1.82, 2.24) is 9.78 Å². The van der Waals surface area contributed by atoms with Crippen LogP contribution in [-0.4, -0.2) is 22.3 Å². The predicted octanol–water partition coefficient (Wildman–Crippen LogP) is 4.79. The molecule has 4 rings (SSSR count). The number of carbonyl (C=O) groups excluding carboxylic acids is 1. The molecule has 0 atom stereocenters. The summed E-state index contributed by atoms with van der Waals surface area (Å²) in [4.78, 5) is 12.9. The zero-order valence-electron chi connectivity index (χ0n) is 17.0. The second kappa shape index (κ2) is 10.1. The minimum Gasteiger partial charge on any atom is -0.492 e. The lowest BCUT2D eigenvalue weighted by Crippen LogP contribution is -2.15. The van der Waals surface area contributed by atoms with Crippen LogP contribution in [0.3, 0.4) is 0 Å². The molecular weight excluding hydrogens is 390 g/mol. The number of amides is 1. The molecule has 0 fully saturated rings. The van der Waals surface area contributed by atoms with Gasteiger partial charge in [0.25, 0.3) is 5.91 Å². The fourth-order valence-electron chi connectivity index (χ4n) is 3.10. The third-order valence-electron chi connectivity index (χ3n) is 4.64. The fraction of sp³-hybridized carbons (Fsp3) is 0.120. The molecule has 0 aliphatic rings. The standard InChI is InChI=1S/C25H23N3O3/c29-25(24-13-5-4-8-20(24)19-31-22-10-2-1-3-11-22)27-21-9-6-12-23(18-21)30-17-16-28-15-7-14-26-28/h1-15,18H,16-17,19H2,(H,27,29). The number of rotatable bonds is 9. The van der Waals surface area contributed by atoms with E-state index < -0.39 is 0 Å². The van der Waals surface area contributed by atoms with E-state index in [1.165, 1.54) is 0 Å². The van der Waals surface area contributed by atoms with E-state index in [0.29, 0.717) is 36.8 Å². The van der Waals surface area contributed by atoms with Crippen molar-refractivity contribution in [3.05, 3.63) is 108 Å². The molecule has 0 saturated carbocycles. The van der Waals surface area contributed by atoms with E-state index in [2.05, 4.69) is 10.4 Å². The van der Waals surface area contributed by atoms with Gasteiger partial charge in [0.05, 0.1) is 6.54 Å². The Kier molecular flexibility index (Phi) is 6.60. The average Bonchev–Trinajstić information content (AvgIpc) is 3.32. The molecule has 1 N–H and O–H groups in total. The van der Waals surface area contributed by atoms with Crippen LogP contribution in [0.2, 0.25) is 0 Å². The van der Waals surface area contributed by atoms with Crippen LogP contribution < -0.4 is 14.8 Å².